The zero-order valence-electron chi connectivity index (χ0n) is 9.71. The third-order valence-corrected chi connectivity index (χ3v) is 2.48. The van der Waals surface area contributed by atoms with Crippen LogP contribution in [0.25, 0.3) is 0 Å². The van der Waals surface area contributed by atoms with Crippen LogP contribution in [-0.2, 0) is 0 Å². The van der Waals surface area contributed by atoms with Crippen LogP contribution in [0.3, 0.4) is 0 Å². The SMILES string of the molecule is C=C1/C=C\C=C/C/C=C\N=C/1c1ccccc1. The molecule has 0 amide bonds. The summed E-state index contributed by atoms with van der Waals surface area (Å²) in [6.45, 7) is 4.06. The van der Waals surface area contributed by atoms with Crippen LogP contribution in [0.15, 0.2) is 84.1 Å². The van der Waals surface area contributed by atoms with Gasteiger partial charge >= 0.3 is 0 Å². The van der Waals surface area contributed by atoms with Gasteiger partial charge in [-0.1, -0.05) is 67.3 Å². The summed E-state index contributed by atoms with van der Waals surface area (Å²) in [6, 6.07) is 10.1. The summed E-state index contributed by atoms with van der Waals surface area (Å²) in [5.41, 5.74) is 2.94. The summed E-state index contributed by atoms with van der Waals surface area (Å²) < 4.78 is 0. The first-order valence-corrected chi connectivity index (χ1v) is 5.68. The molecule has 17 heavy (non-hydrogen) atoms. The van der Waals surface area contributed by atoms with Crippen molar-refractivity contribution in [1.29, 1.82) is 0 Å². The van der Waals surface area contributed by atoms with Gasteiger partial charge in [-0.15, -0.1) is 0 Å². The number of hydrogen-bond donors (Lipinski definition) is 0. The van der Waals surface area contributed by atoms with Crippen molar-refractivity contribution in [2.24, 2.45) is 4.99 Å². The van der Waals surface area contributed by atoms with Gasteiger partial charge in [-0.25, -0.2) is 0 Å². The molecule has 0 radical (unpaired) electrons. The first-order chi connectivity index (χ1) is 8.38. The van der Waals surface area contributed by atoms with Crippen molar-refractivity contribution in [2.75, 3.05) is 0 Å². The van der Waals surface area contributed by atoms with Gasteiger partial charge in [-0.05, 0) is 12.0 Å². The maximum Gasteiger partial charge on any atom is 0.0768 e. The number of benzene rings is 1. The molecule has 84 valence electrons. The Morgan fingerprint density at radius 3 is 2.65 bits per heavy atom. The largest absolute Gasteiger partial charge is 0.256 e. The molecule has 1 aliphatic heterocycles. The smallest absolute Gasteiger partial charge is 0.0768 e. The number of hydrogen-bond acceptors (Lipinski definition) is 1. The second-order valence-corrected chi connectivity index (χ2v) is 3.78. The second kappa shape index (κ2) is 5.80. The molecule has 0 fully saturated rings. The van der Waals surface area contributed by atoms with Crippen molar-refractivity contribution in [3.05, 3.63) is 84.6 Å². The van der Waals surface area contributed by atoms with E-state index >= 15 is 0 Å². The van der Waals surface area contributed by atoms with E-state index in [4.69, 9.17) is 0 Å². The van der Waals surface area contributed by atoms with Gasteiger partial charge in [0.25, 0.3) is 0 Å². The standard InChI is InChI=1S/C16H15N/c1-14-10-6-3-2-4-9-13-17-16(14)15-11-7-5-8-12-15/h2-3,5-13H,1,4H2/b3-2-,10-6-,13-9-,17-16+. The van der Waals surface area contributed by atoms with Crippen LogP contribution >= 0.6 is 0 Å². The minimum atomic E-state index is 0.905. The molecule has 1 heterocycles. The third kappa shape index (κ3) is 3.15. The third-order valence-electron chi connectivity index (χ3n) is 2.48. The normalized spacial score (nSPS) is 24.5. The van der Waals surface area contributed by atoms with Crippen LogP contribution in [0.4, 0.5) is 0 Å². The number of aliphatic imine (C=N–C) groups is 1. The van der Waals surface area contributed by atoms with Crippen LogP contribution in [0, 0.1) is 0 Å². The Morgan fingerprint density at radius 1 is 1.00 bits per heavy atom. The van der Waals surface area contributed by atoms with Gasteiger partial charge in [0.05, 0.1) is 5.71 Å². The Kier molecular flexibility index (Phi) is 3.87. The van der Waals surface area contributed by atoms with Gasteiger partial charge in [-0.3, -0.25) is 4.99 Å². The number of rotatable bonds is 1. The molecule has 1 nitrogen and oxygen atoms in total. The van der Waals surface area contributed by atoms with Gasteiger partial charge in [0.2, 0.25) is 0 Å². The minimum Gasteiger partial charge on any atom is -0.256 e. The summed E-state index contributed by atoms with van der Waals surface area (Å²) >= 11 is 0. The fourth-order valence-corrected chi connectivity index (χ4v) is 1.61. The van der Waals surface area contributed by atoms with Gasteiger partial charge in [0, 0.05) is 11.8 Å². The van der Waals surface area contributed by atoms with Gasteiger partial charge in [-0.2, -0.15) is 0 Å². The van der Waals surface area contributed by atoms with E-state index in [9.17, 15) is 0 Å². The van der Waals surface area contributed by atoms with Crippen molar-refractivity contribution in [3.8, 4) is 0 Å². The van der Waals surface area contributed by atoms with Gasteiger partial charge in [0.1, 0.15) is 0 Å². The Labute approximate surface area is 102 Å². The fraction of sp³-hybridized carbons (Fsp3) is 0.0625. The monoisotopic (exact) mass is 221 g/mol. The zero-order chi connectivity index (χ0) is 11.9. The molecule has 0 bridgehead atoms. The maximum atomic E-state index is 4.49. The van der Waals surface area contributed by atoms with E-state index < -0.39 is 0 Å². The highest BCUT2D eigenvalue weighted by atomic mass is 14.7. The quantitative estimate of drug-likeness (QED) is 0.678. The molecule has 0 spiro atoms. The lowest BCUT2D eigenvalue weighted by molar-refractivity contribution is 1.35. The lowest BCUT2D eigenvalue weighted by Gasteiger charge is -2.05. The molecular formula is C16H15N. The Bertz CT molecular complexity index is 502. The maximum absolute atomic E-state index is 4.49. The van der Waals surface area contributed by atoms with E-state index in [-0.39, 0.29) is 0 Å². The van der Waals surface area contributed by atoms with Crippen LogP contribution in [0.5, 0.6) is 0 Å². The van der Waals surface area contributed by atoms with Crippen molar-refractivity contribution >= 4 is 5.71 Å². The van der Waals surface area contributed by atoms with E-state index in [0.717, 1.165) is 23.3 Å². The van der Waals surface area contributed by atoms with Crippen molar-refractivity contribution in [1.82, 2.24) is 0 Å². The predicted molar refractivity (Wildman–Crippen MR) is 74.2 cm³/mol. The summed E-state index contributed by atoms with van der Waals surface area (Å²) in [5, 5.41) is 0. The summed E-state index contributed by atoms with van der Waals surface area (Å²) in [5.74, 6) is 0. The van der Waals surface area contributed by atoms with Crippen molar-refractivity contribution in [3.63, 3.8) is 0 Å². The van der Waals surface area contributed by atoms with Crippen molar-refractivity contribution in [2.45, 2.75) is 6.42 Å². The molecule has 0 aliphatic carbocycles. The number of nitrogens with zero attached hydrogens (tertiary/aromatic N) is 1. The second-order valence-electron chi connectivity index (χ2n) is 3.78. The van der Waals surface area contributed by atoms with Crippen LogP contribution < -0.4 is 0 Å². The molecule has 1 aromatic carbocycles. The summed E-state index contributed by atoms with van der Waals surface area (Å²) in [7, 11) is 0. The van der Waals surface area contributed by atoms with Gasteiger partial charge < -0.3 is 0 Å². The summed E-state index contributed by atoms with van der Waals surface area (Å²) in [4.78, 5) is 4.49. The van der Waals surface area contributed by atoms with Crippen molar-refractivity contribution < 1.29 is 0 Å². The minimum absolute atomic E-state index is 0.905. The molecule has 1 aromatic rings. The fourth-order valence-electron chi connectivity index (χ4n) is 1.61. The molecule has 0 N–H and O–H groups in total. The highest BCUT2D eigenvalue weighted by Gasteiger charge is 2.04. The molecular weight excluding hydrogens is 206 g/mol. The highest BCUT2D eigenvalue weighted by Crippen LogP contribution is 2.11. The van der Waals surface area contributed by atoms with E-state index in [1.165, 1.54) is 0 Å². The lowest BCUT2D eigenvalue weighted by atomic mass is 10.0. The molecule has 0 aromatic heterocycles. The van der Waals surface area contributed by atoms with E-state index in [2.05, 4.69) is 17.6 Å². The zero-order valence-corrected chi connectivity index (χ0v) is 9.71. The Hall–Kier alpha value is -2.15. The Morgan fingerprint density at radius 2 is 1.82 bits per heavy atom. The molecule has 0 saturated carbocycles. The molecule has 0 unspecified atom stereocenters. The van der Waals surface area contributed by atoms with Crippen LogP contribution in [0.2, 0.25) is 0 Å². The Balaban J connectivity index is 2.38. The average Bonchev–Trinajstić information content (AvgIpc) is 2.38. The van der Waals surface area contributed by atoms with E-state index in [1.807, 2.05) is 60.8 Å². The molecule has 0 saturated heterocycles. The lowest BCUT2D eigenvalue weighted by Crippen LogP contribution is -2.01. The van der Waals surface area contributed by atoms with E-state index in [1.54, 1.807) is 0 Å². The molecule has 2 rings (SSSR count). The average molecular weight is 221 g/mol. The number of allylic oxidation sites excluding steroid dienone is 6. The molecule has 1 aliphatic rings. The van der Waals surface area contributed by atoms with Crippen LogP contribution in [0.1, 0.15) is 12.0 Å². The van der Waals surface area contributed by atoms with Gasteiger partial charge in [0.15, 0.2) is 0 Å². The topological polar surface area (TPSA) is 12.4 Å². The predicted octanol–water partition coefficient (Wildman–Crippen LogP) is 4.06. The van der Waals surface area contributed by atoms with Crippen LogP contribution in [-0.4, -0.2) is 5.71 Å². The van der Waals surface area contributed by atoms with E-state index in [0.29, 0.717) is 0 Å². The first-order valence-electron chi connectivity index (χ1n) is 5.68. The molecule has 0 atom stereocenters. The highest BCUT2D eigenvalue weighted by molar-refractivity contribution is 6.14. The first kappa shape index (κ1) is 11.3. The summed E-state index contributed by atoms with van der Waals surface area (Å²) in [6.07, 6.45) is 12.9. The molecule has 1 heteroatoms.